The Kier molecular flexibility index (Phi) is 4.42. The molecule has 0 heterocycles. The molecule has 0 amide bonds. The topological polar surface area (TPSA) is 18.5 Å². The Morgan fingerprint density at radius 1 is 1.08 bits per heavy atom. The summed E-state index contributed by atoms with van der Waals surface area (Å²) in [5.74, 6) is 0. The lowest BCUT2D eigenvalue weighted by molar-refractivity contribution is 0.187. The van der Waals surface area contributed by atoms with Crippen LogP contribution in [-0.4, -0.2) is 22.5 Å². The molecule has 0 N–H and O–H groups in total. The van der Waals surface area contributed by atoms with Crippen LogP contribution in [0.2, 0.25) is 5.04 Å². The van der Waals surface area contributed by atoms with Crippen LogP contribution in [0.1, 0.15) is 46.5 Å². The quantitative estimate of drug-likeness (QED) is 0.638. The fourth-order valence-corrected chi connectivity index (χ4v) is 4.56. The van der Waals surface area contributed by atoms with Gasteiger partial charge in [0.15, 0.2) is 0 Å². The van der Waals surface area contributed by atoms with E-state index in [1.54, 1.807) is 0 Å². The molecule has 2 nitrogen and oxygen atoms in total. The Bertz CT molecular complexity index is 138. The van der Waals surface area contributed by atoms with Gasteiger partial charge in [-0.1, -0.05) is 19.8 Å². The van der Waals surface area contributed by atoms with Crippen LogP contribution in [0.15, 0.2) is 0 Å². The molecule has 0 bridgehead atoms. The van der Waals surface area contributed by atoms with E-state index in [0.29, 0.717) is 5.04 Å². The second-order valence-corrected chi connectivity index (χ2v) is 6.83. The van der Waals surface area contributed by atoms with Crippen LogP contribution in [-0.2, 0) is 8.85 Å². The number of hydrogen-bond acceptors (Lipinski definition) is 2. The molecular formula is C10H22O2Si. The van der Waals surface area contributed by atoms with Gasteiger partial charge in [-0.05, 0) is 26.7 Å². The van der Waals surface area contributed by atoms with Crippen LogP contribution in [0.4, 0.5) is 0 Å². The Hall–Kier alpha value is 0.137. The maximum Gasteiger partial charge on any atom is 0.327 e. The fraction of sp³-hybridized carbons (Fsp3) is 1.00. The SMILES string of the molecule is CCO[SiH](OCC)C1(C)CCCC1. The molecule has 0 atom stereocenters. The standard InChI is InChI=1S/C10H22O2Si/c1-4-11-13(12-5-2)10(3)8-6-7-9-10/h13H,4-9H2,1-3H3. The highest BCUT2D eigenvalue weighted by molar-refractivity contribution is 6.48. The Labute approximate surface area is 83.5 Å². The van der Waals surface area contributed by atoms with Gasteiger partial charge in [-0.3, -0.25) is 0 Å². The van der Waals surface area contributed by atoms with E-state index in [1.807, 2.05) is 0 Å². The maximum atomic E-state index is 5.79. The summed E-state index contributed by atoms with van der Waals surface area (Å²) in [7, 11) is -1.40. The molecule has 0 spiro atoms. The van der Waals surface area contributed by atoms with Crippen molar-refractivity contribution < 1.29 is 8.85 Å². The lowest BCUT2D eigenvalue weighted by Crippen LogP contribution is -2.35. The Morgan fingerprint density at radius 2 is 1.54 bits per heavy atom. The minimum atomic E-state index is -1.40. The van der Waals surface area contributed by atoms with E-state index < -0.39 is 9.28 Å². The van der Waals surface area contributed by atoms with Crippen molar-refractivity contribution in [2.75, 3.05) is 13.2 Å². The average molecular weight is 202 g/mol. The van der Waals surface area contributed by atoms with Crippen molar-refractivity contribution in [1.82, 2.24) is 0 Å². The Morgan fingerprint density at radius 3 is 1.92 bits per heavy atom. The van der Waals surface area contributed by atoms with E-state index in [-0.39, 0.29) is 0 Å². The van der Waals surface area contributed by atoms with Crippen LogP contribution in [0.25, 0.3) is 0 Å². The first-order valence-electron chi connectivity index (χ1n) is 5.46. The van der Waals surface area contributed by atoms with Gasteiger partial charge >= 0.3 is 9.28 Å². The van der Waals surface area contributed by atoms with Gasteiger partial charge in [-0.2, -0.15) is 0 Å². The molecule has 78 valence electrons. The van der Waals surface area contributed by atoms with Gasteiger partial charge in [0.2, 0.25) is 0 Å². The molecular weight excluding hydrogens is 180 g/mol. The van der Waals surface area contributed by atoms with Crippen LogP contribution in [0, 0.1) is 0 Å². The highest BCUT2D eigenvalue weighted by Crippen LogP contribution is 2.47. The average Bonchev–Trinajstić information content (AvgIpc) is 2.53. The van der Waals surface area contributed by atoms with Gasteiger partial charge in [0, 0.05) is 18.3 Å². The van der Waals surface area contributed by atoms with Crippen molar-refractivity contribution >= 4 is 9.28 Å². The molecule has 0 aromatic heterocycles. The zero-order chi connectivity index (χ0) is 9.73. The molecule has 0 unspecified atom stereocenters. The molecule has 0 aromatic carbocycles. The summed E-state index contributed by atoms with van der Waals surface area (Å²) < 4.78 is 11.6. The van der Waals surface area contributed by atoms with E-state index in [9.17, 15) is 0 Å². The minimum absolute atomic E-state index is 0.409. The molecule has 13 heavy (non-hydrogen) atoms. The van der Waals surface area contributed by atoms with Gasteiger partial charge in [-0.25, -0.2) is 0 Å². The van der Waals surface area contributed by atoms with Gasteiger partial charge in [0.25, 0.3) is 0 Å². The summed E-state index contributed by atoms with van der Waals surface area (Å²) >= 11 is 0. The van der Waals surface area contributed by atoms with Crippen molar-refractivity contribution in [2.45, 2.75) is 51.5 Å². The first-order valence-corrected chi connectivity index (χ1v) is 6.98. The zero-order valence-corrected chi connectivity index (χ0v) is 10.3. The van der Waals surface area contributed by atoms with Crippen molar-refractivity contribution in [1.29, 1.82) is 0 Å². The van der Waals surface area contributed by atoms with Crippen molar-refractivity contribution in [3.8, 4) is 0 Å². The largest absolute Gasteiger partial charge is 0.397 e. The molecule has 1 aliphatic carbocycles. The van der Waals surface area contributed by atoms with E-state index >= 15 is 0 Å². The van der Waals surface area contributed by atoms with Crippen LogP contribution in [0.5, 0.6) is 0 Å². The van der Waals surface area contributed by atoms with Crippen LogP contribution < -0.4 is 0 Å². The summed E-state index contributed by atoms with van der Waals surface area (Å²) in [4.78, 5) is 0. The summed E-state index contributed by atoms with van der Waals surface area (Å²) in [5.41, 5.74) is 0. The molecule has 3 heteroatoms. The smallest absolute Gasteiger partial charge is 0.327 e. The van der Waals surface area contributed by atoms with Gasteiger partial charge in [0.1, 0.15) is 0 Å². The van der Waals surface area contributed by atoms with Gasteiger partial charge in [-0.15, -0.1) is 0 Å². The monoisotopic (exact) mass is 202 g/mol. The third-order valence-corrected chi connectivity index (χ3v) is 5.94. The van der Waals surface area contributed by atoms with E-state index in [2.05, 4.69) is 20.8 Å². The first-order chi connectivity index (χ1) is 6.23. The van der Waals surface area contributed by atoms with Crippen LogP contribution in [0.3, 0.4) is 0 Å². The summed E-state index contributed by atoms with van der Waals surface area (Å²) in [6.07, 6.45) is 5.34. The third kappa shape index (κ3) is 2.79. The minimum Gasteiger partial charge on any atom is -0.397 e. The summed E-state index contributed by atoms with van der Waals surface area (Å²) in [5, 5.41) is 0.409. The molecule has 1 rings (SSSR count). The van der Waals surface area contributed by atoms with E-state index in [1.165, 1.54) is 25.7 Å². The highest BCUT2D eigenvalue weighted by atomic mass is 28.3. The molecule has 0 radical (unpaired) electrons. The zero-order valence-electron chi connectivity index (χ0n) is 9.14. The highest BCUT2D eigenvalue weighted by Gasteiger charge is 2.40. The van der Waals surface area contributed by atoms with Crippen molar-refractivity contribution in [3.05, 3.63) is 0 Å². The van der Waals surface area contributed by atoms with E-state index in [4.69, 9.17) is 8.85 Å². The maximum absolute atomic E-state index is 5.79. The van der Waals surface area contributed by atoms with Crippen molar-refractivity contribution in [3.63, 3.8) is 0 Å². The van der Waals surface area contributed by atoms with Crippen LogP contribution >= 0.6 is 0 Å². The van der Waals surface area contributed by atoms with Gasteiger partial charge < -0.3 is 8.85 Å². The lowest BCUT2D eigenvalue weighted by Gasteiger charge is -2.30. The summed E-state index contributed by atoms with van der Waals surface area (Å²) in [6.45, 7) is 8.11. The second-order valence-electron chi connectivity index (χ2n) is 4.10. The normalized spacial score (nSPS) is 21.2. The predicted octanol–water partition coefficient (Wildman–Crippen LogP) is 2.61. The van der Waals surface area contributed by atoms with Gasteiger partial charge in [0.05, 0.1) is 0 Å². The van der Waals surface area contributed by atoms with E-state index in [0.717, 1.165) is 13.2 Å². The van der Waals surface area contributed by atoms with Crippen molar-refractivity contribution in [2.24, 2.45) is 0 Å². The second kappa shape index (κ2) is 5.13. The lowest BCUT2D eigenvalue weighted by atomic mass is 10.1. The molecule has 0 saturated heterocycles. The fourth-order valence-electron chi connectivity index (χ4n) is 2.17. The molecule has 1 saturated carbocycles. The third-order valence-electron chi connectivity index (χ3n) is 2.95. The molecule has 0 aromatic rings. The molecule has 1 fully saturated rings. The first kappa shape index (κ1) is 11.2. The predicted molar refractivity (Wildman–Crippen MR) is 57.2 cm³/mol. The number of hydrogen-bond donors (Lipinski definition) is 0. The molecule has 1 aliphatic rings. The molecule has 0 aliphatic heterocycles. The number of rotatable bonds is 5. The summed E-state index contributed by atoms with van der Waals surface area (Å²) in [6, 6.07) is 0. The Balaban J connectivity index is 2.50.